The lowest BCUT2D eigenvalue weighted by molar-refractivity contribution is 0.332. The average Bonchev–Trinajstić information content (AvgIpc) is 0.821. The second-order valence-corrected chi connectivity index (χ2v) is 34.9. The molecule has 4 aliphatic rings. The smallest absolute Gasteiger partial charge is 0.252 e. The molecule has 3 heterocycles. The third kappa shape index (κ3) is 9.63. The van der Waals surface area contributed by atoms with Crippen LogP contribution in [-0.2, 0) is 43.3 Å². The molecule has 0 spiro atoms. The van der Waals surface area contributed by atoms with E-state index in [9.17, 15) is 0 Å². The van der Waals surface area contributed by atoms with E-state index < -0.39 is 0 Å². The van der Waals surface area contributed by atoms with Crippen molar-refractivity contribution in [3.63, 3.8) is 0 Å². The number of nitrogens with zero attached hydrogens (tertiary/aromatic N) is 3. The van der Waals surface area contributed by atoms with Gasteiger partial charge in [0.2, 0.25) is 0 Å². The Kier molecular flexibility index (Phi) is 13.3. The van der Waals surface area contributed by atoms with Gasteiger partial charge in [-0.05, 0) is 222 Å². The van der Waals surface area contributed by atoms with Crippen LogP contribution in [0.5, 0.6) is 0 Å². The number of anilines is 9. The summed E-state index contributed by atoms with van der Waals surface area (Å²) in [5.74, 6) is 0. The van der Waals surface area contributed by atoms with E-state index in [4.69, 9.17) is 0 Å². The van der Waals surface area contributed by atoms with Gasteiger partial charge in [0, 0.05) is 61.0 Å². The van der Waals surface area contributed by atoms with Crippen LogP contribution in [0.2, 0.25) is 0 Å². The molecule has 0 saturated carbocycles. The standard InChI is InChI=1S/C82H96BN3S/c1-49-40-51(75(3,4)5)27-34-65(49)84(66-35-28-52(41-50(66)2)76(6,7)8)56-30-33-63-68(46-56)86(67-25-23-24-58-57-31-26-53(77(9,10)11)44-72(57)87-74(58)67)71-43-54(78(12,13)14)42-70-73(71)83(63)64-47-61-62(82(21,22)39-38-81(61,19)20)48-69(64)85(70)55-29-32-59-60(45-55)80(17,18)37-36-79(59,15)16/h23-35,40-48H,36-39H2,1-22H3. The van der Waals surface area contributed by atoms with Crippen LogP contribution in [-0.4, -0.2) is 6.71 Å². The minimum absolute atomic E-state index is 0.00367. The van der Waals surface area contributed by atoms with Gasteiger partial charge < -0.3 is 14.7 Å². The highest BCUT2D eigenvalue weighted by atomic mass is 32.1. The molecule has 1 aromatic heterocycles. The summed E-state index contributed by atoms with van der Waals surface area (Å²) in [5.41, 5.74) is 29.1. The first kappa shape index (κ1) is 59.4. The molecule has 3 nitrogen and oxygen atoms in total. The summed E-state index contributed by atoms with van der Waals surface area (Å²) in [6.07, 6.45) is 4.65. The Balaban J connectivity index is 1.17. The number of hydrogen-bond acceptors (Lipinski definition) is 4. The van der Waals surface area contributed by atoms with Gasteiger partial charge >= 0.3 is 0 Å². The van der Waals surface area contributed by atoms with E-state index in [1.54, 1.807) is 0 Å². The van der Waals surface area contributed by atoms with E-state index in [1.165, 1.54) is 144 Å². The molecule has 0 fully saturated rings. The van der Waals surface area contributed by atoms with E-state index >= 15 is 0 Å². The van der Waals surface area contributed by atoms with Gasteiger partial charge in [-0.3, -0.25) is 0 Å². The maximum atomic E-state index is 2.75. The topological polar surface area (TPSA) is 9.72 Å². The third-order valence-corrected chi connectivity index (χ3v) is 22.6. The average molecular weight is 1170 g/mol. The van der Waals surface area contributed by atoms with Gasteiger partial charge in [-0.25, -0.2) is 0 Å². The Labute approximate surface area is 527 Å². The first-order valence-corrected chi connectivity index (χ1v) is 33.5. The molecule has 5 heteroatoms. The van der Waals surface area contributed by atoms with Gasteiger partial charge in [-0.15, -0.1) is 11.3 Å². The highest BCUT2D eigenvalue weighted by molar-refractivity contribution is 7.26. The van der Waals surface area contributed by atoms with E-state index in [1.807, 2.05) is 11.3 Å². The normalized spacial score (nSPS) is 17.4. The zero-order chi connectivity index (χ0) is 62.4. The number of thiophene rings is 1. The lowest BCUT2D eigenvalue weighted by Crippen LogP contribution is -2.62. The summed E-state index contributed by atoms with van der Waals surface area (Å²) in [6, 6.07) is 54.6. The molecule has 8 aromatic carbocycles. The zero-order valence-electron chi connectivity index (χ0n) is 56.9. The lowest BCUT2D eigenvalue weighted by Gasteiger charge is -2.48. The van der Waals surface area contributed by atoms with Gasteiger partial charge in [0.05, 0.1) is 10.4 Å². The maximum absolute atomic E-state index is 2.75. The van der Waals surface area contributed by atoms with Crippen LogP contribution in [0.4, 0.5) is 51.2 Å². The van der Waals surface area contributed by atoms with Crippen molar-refractivity contribution >= 4 is 106 Å². The van der Waals surface area contributed by atoms with Crippen LogP contribution in [0.15, 0.2) is 133 Å². The lowest BCUT2D eigenvalue weighted by atomic mass is 9.33. The summed E-state index contributed by atoms with van der Waals surface area (Å²) in [6.45, 7) is 52.8. The van der Waals surface area contributed by atoms with Crippen molar-refractivity contribution in [1.29, 1.82) is 0 Å². The summed E-state index contributed by atoms with van der Waals surface area (Å²) in [5, 5.41) is 2.63. The maximum Gasteiger partial charge on any atom is 0.252 e. The fourth-order valence-corrected chi connectivity index (χ4v) is 16.7. The molecule has 0 bridgehead atoms. The van der Waals surface area contributed by atoms with E-state index in [2.05, 4.69) is 300 Å². The number of hydrogen-bond donors (Lipinski definition) is 0. The van der Waals surface area contributed by atoms with Crippen molar-refractivity contribution in [3.05, 3.63) is 189 Å². The van der Waals surface area contributed by atoms with Crippen molar-refractivity contribution in [1.82, 2.24) is 0 Å². The molecule has 9 aromatic rings. The van der Waals surface area contributed by atoms with E-state index in [-0.39, 0.29) is 50.0 Å². The Morgan fingerprint density at radius 2 is 0.897 bits per heavy atom. The molecule has 448 valence electrons. The van der Waals surface area contributed by atoms with Crippen molar-refractivity contribution in [3.8, 4) is 0 Å². The zero-order valence-corrected chi connectivity index (χ0v) is 57.7. The van der Waals surface area contributed by atoms with Crippen LogP contribution < -0.4 is 31.1 Å². The summed E-state index contributed by atoms with van der Waals surface area (Å²) >= 11 is 1.96. The summed E-state index contributed by atoms with van der Waals surface area (Å²) in [4.78, 5) is 8.07. The second-order valence-electron chi connectivity index (χ2n) is 33.8. The number of fused-ring (bicyclic) bond motifs is 9. The molecule has 0 N–H and O–H groups in total. The van der Waals surface area contributed by atoms with Crippen molar-refractivity contribution in [2.45, 2.75) is 221 Å². The molecular weight excluding hydrogens is 1070 g/mol. The van der Waals surface area contributed by atoms with Gasteiger partial charge in [-0.1, -0.05) is 205 Å². The highest BCUT2D eigenvalue weighted by Crippen LogP contribution is 2.55. The molecule has 2 aliphatic heterocycles. The van der Waals surface area contributed by atoms with Crippen molar-refractivity contribution < 1.29 is 0 Å². The number of rotatable bonds is 5. The highest BCUT2D eigenvalue weighted by Gasteiger charge is 2.48. The van der Waals surface area contributed by atoms with Crippen LogP contribution in [0.1, 0.15) is 220 Å². The van der Waals surface area contributed by atoms with Gasteiger partial charge in [0.15, 0.2) is 0 Å². The van der Waals surface area contributed by atoms with Gasteiger partial charge in [0.25, 0.3) is 6.71 Å². The van der Waals surface area contributed by atoms with Gasteiger partial charge in [0.1, 0.15) is 0 Å². The molecule has 0 atom stereocenters. The number of benzene rings is 8. The van der Waals surface area contributed by atoms with E-state index in [0.717, 1.165) is 24.9 Å². The Morgan fingerprint density at radius 3 is 1.45 bits per heavy atom. The van der Waals surface area contributed by atoms with Crippen molar-refractivity contribution in [2.24, 2.45) is 0 Å². The molecule has 87 heavy (non-hydrogen) atoms. The Morgan fingerprint density at radius 1 is 0.402 bits per heavy atom. The third-order valence-electron chi connectivity index (χ3n) is 21.4. The minimum atomic E-state index is -0.179. The summed E-state index contributed by atoms with van der Waals surface area (Å²) in [7, 11) is 0. The monoisotopic (exact) mass is 1170 g/mol. The van der Waals surface area contributed by atoms with Crippen LogP contribution in [0.3, 0.4) is 0 Å². The Hall–Kier alpha value is -6.56. The van der Waals surface area contributed by atoms with Crippen LogP contribution >= 0.6 is 11.3 Å². The van der Waals surface area contributed by atoms with Gasteiger partial charge in [-0.2, -0.15) is 0 Å². The first-order valence-electron chi connectivity index (χ1n) is 32.7. The van der Waals surface area contributed by atoms with Crippen LogP contribution in [0, 0.1) is 13.8 Å². The molecule has 0 radical (unpaired) electrons. The second kappa shape index (κ2) is 19.5. The van der Waals surface area contributed by atoms with Crippen molar-refractivity contribution in [2.75, 3.05) is 14.7 Å². The Bertz CT molecular complexity index is 4260. The first-order chi connectivity index (χ1) is 40.4. The quantitative estimate of drug-likeness (QED) is 0.159. The predicted molar refractivity (Wildman–Crippen MR) is 383 cm³/mol. The van der Waals surface area contributed by atoms with E-state index in [0.29, 0.717) is 0 Å². The molecule has 2 aliphatic carbocycles. The number of aryl methyl sites for hydroxylation is 2. The van der Waals surface area contributed by atoms with Crippen LogP contribution in [0.25, 0.3) is 20.2 Å². The largest absolute Gasteiger partial charge is 0.311 e. The molecular formula is C82H96BN3S. The molecule has 0 unspecified atom stereocenters. The molecule has 0 saturated heterocycles. The fraction of sp³-hybridized carbons (Fsp3) is 0.415. The predicted octanol–water partition coefficient (Wildman–Crippen LogP) is 22.1. The molecule has 0 amide bonds. The minimum Gasteiger partial charge on any atom is -0.311 e. The fourth-order valence-electron chi connectivity index (χ4n) is 15.4. The molecule has 13 rings (SSSR count). The summed E-state index contributed by atoms with van der Waals surface area (Å²) < 4.78 is 2.65. The SMILES string of the molecule is Cc1cc(C(C)(C)C)ccc1N(c1ccc2c(c1)N(c1cccc3c1sc1cc(C(C)(C)C)ccc13)c1cc(C(C)(C)C)cc3c1B2c1cc2c(cc1N3c1ccc3c(c1)C(C)(C)CCC3(C)C)C(C)(C)CCC2(C)C)c1ccc(C(C)(C)C)cc1C.